The van der Waals surface area contributed by atoms with E-state index in [2.05, 4.69) is 20.9 Å². The Morgan fingerprint density at radius 1 is 1.00 bits per heavy atom. The van der Waals surface area contributed by atoms with E-state index in [0.29, 0.717) is 18.0 Å². The summed E-state index contributed by atoms with van der Waals surface area (Å²) in [6.07, 6.45) is 0. The van der Waals surface area contributed by atoms with Gasteiger partial charge in [-0.1, -0.05) is 18.2 Å². The van der Waals surface area contributed by atoms with Gasteiger partial charge in [-0.2, -0.15) is 0 Å². The molecule has 0 spiro atoms. The Hall–Kier alpha value is -3.70. The molecule has 33 heavy (non-hydrogen) atoms. The number of para-hydroxylation sites is 1. The zero-order valence-electron chi connectivity index (χ0n) is 17.5. The van der Waals surface area contributed by atoms with Crippen molar-refractivity contribution in [1.29, 1.82) is 0 Å². The van der Waals surface area contributed by atoms with Gasteiger partial charge in [0, 0.05) is 11.3 Å². The molecule has 0 fully saturated rings. The van der Waals surface area contributed by atoms with Gasteiger partial charge in [-0.25, -0.2) is 12.8 Å². The highest BCUT2D eigenvalue weighted by molar-refractivity contribution is 7.92. The quantitative estimate of drug-likeness (QED) is 0.297. The zero-order valence-corrected chi connectivity index (χ0v) is 19.1. The first kappa shape index (κ1) is 24.0. The van der Waals surface area contributed by atoms with Crippen molar-refractivity contribution in [2.45, 2.75) is 11.8 Å². The van der Waals surface area contributed by atoms with Crippen molar-refractivity contribution in [2.24, 2.45) is 0 Å². The molecular weight excluding hydrogens is 467 g/mol. The lowest BCUT2D eigenvalue weighted by Gasteiger charge is -2.13. The van der Waals surface area contributed by atoms with Crippen molar-refractivity contribution < 1.29 is 22.3 Å². The third-order valence-corrected chi connectivity index (χ3v) is 5.82. The maximum absolute atomic E-state index is 13.7. The fourth-order valence-corrected chi connectivity index (χ4v) is 3.97. The minimum absolute atomic E-state index is 0.0469. The minimum Gasteiger partial charge on any atom is -0.494 e. The van der Waals surface area contributed by atoms with E-state index in [1.165, 1.54) is 42.5 Å². The van der Waals surface area contributed by atoms with E-state index in [1.807, 2.05) is 6.92 Å². The predicted octanol–water partition coefficient (Wildman–Crippen LogP) is 3.66. The Bertz CT molecular complexity index is 1250. The van der Waals surface area contributed by atoms with E-state index < -0.39 is 21.7 Å². The lowest BCUT2D eigenvalue weighted by atomic mass is 10.2. The Labute approximate surface area is 196 Å². The molecule has 1 amide bonds. The average molecular weight is 489 g/mol. The molecule has 0 unspecified atom stereocenters. The first-order valence-corrected chi connectivity index (χ1v) is 11.7. The summed E-state index contributed by atoms with van der Waals surface area (Å²) in [6.45, 7) is 2.35. The highest BCUT2D eigenvalue weighted by atomic mass is 32.2. The first-order valence-electron chi connectivity index (χ1n) is 9.76. The van der Waals surface area contributed by atoms with E-state index in [0.717, 1.165) is 0 Å². The number of thiocarbonyl (C=S) groups is 1. The number of halogens is 1. The molecule has 0 saturated heterocycles. The van der Waals surface area contributed by atoms with E-state index in [4.69, 9.17) is 17.0 Å². The van der Waals surface area contributed by atoms with Gasteiger partial charge in [0.05, 0.1) is 17.2 Å². The molecule has 0 saturated carbocycles. The van der Waals surface area contributed by atoms with Gasteiger partial charge in [-0.05, 0) is 73.7 Å². The summed E-state index contributed by atoms with van der Waals surface area (Å²) in [6, 6.07) is 17.8. The van der Waals surface area contributed by atoms with Gasteiger partial charge < -0.3 is 10.1 Å². The van der Waals surface area contributed by atoms with Crippen LogP contribution in [0.15, 0.2) is 77.7 Å². The summed E-state index contributed by atoms with van der Waals surface area (Å²) in [5, 5.41) is 2.56. The second kappa shape index (κ2) is 10.7. The van der Waals surface area contributed by atoms with Gasteiger partial charge in [0.25, 0.3) is 15.9 Å². The number of hydrazine groups is 1. The van der Waals surface area contributed by atoms with Crippen LogP contribution in [0.25, 0.3) is 0 Å². The number of benzene rings is 3. The Balaban J connectivity index is 1.63. The second-order valence-electron chi connectivity index (χ2n) is 6.60. The van der Waals surface area contributed by atoms with Crippen molar-refractivity contribution in [2.75, 3.05) is 16.6 Å². The summed E-state index contributed by atoms with van der Waals surface area (Å²) in [5.41, 5.74) is 5.35. The number of nitrogens with one attached hydrogen (secondary N) is 4. The Kier molecular flexibility index (Phi) is 7.80. The number of amides is 1. The fourth-order valence-electron chi connectivity index (χ4n) is 2.71. The lowest BCUT2D eigenvalue weighted by Crippen LogP contribution is -2.43. The maximum atomic E-state index is 13.7. The minimum atomic E-state index is -3.94. The molecule has 3 aromatic carbocycles. The van der Waals surface area contributed by atoms with Crippen molar-refractivity contribution in [1.82, 2.24) is 10.9 Å². The van der Waals surface area contributed by atoms with Crippen molar-refractivity contribution in [3.63, 3.8) is 0 Å². The number of anilines is 2. The molecule has 8 nitrogen and oxygen atoms in total. The van der Waals surface area contributed by atoms with Crippen molar-refractivity contribution in [3.8, 4) is 5.75 Å². The molecule has 0 radical (unpaired) electrons. The molecule has 4 N–H and O–H groups in total. The van der Waals surface area contributed by atoms with E-state index in [-0.39, 0.29) is 21.3 Å². The van der Waals surface area contributed by atoms with E-state index in [9.17, 15) is 17.6 Å². The number of carbonyl (C=O) groups is 1. The van der Waals surface area contributed by atoms with Gasteiger partial charge in [-0.3, -0.25) is 20.4 Å². The Morgan fingerprint density at radius 2 is 1.73 bits per heavy atom. The second-order valence-corrected chi connectivity index (χ2v) is 8.69. The van der Waals surface area contributed by atoms with Crippen LogP contribution in [0.5, 0.6) is 5.75 Å². The van der Waals surface area contributed by atoms with Gasteiger partial charge in [0.1, 0.15) is 11.6 Å². The largest absolute Gasteiger partial charge is 0.494 e. The molecule has 0 aliphatic rings. The van der Waals surface area contributed by atoms with Crippen LogP contribution in [0.2, 0.25) is 0 Å². The highest BCUT2D eigenvalue weighted by Crippen LogP contribution is 2.20. The maximum Gasteiger partial charge on any atom is 0.269 e. The highest BCUT2D eigenvalue weighted by Gasteiger charge is 2.17. The van der Waals surface area contributed by atoms with Crippen LogP contribution in [0.4, 0.5) is 15.8 Å². The number of carbonyl (C=O) groups excluding carboxylic acids is 1. The summed E-state index contributed by atoms with van der Waals surface area (Å²) in [4.78, 5) is 12.3. The topological polar surface area (TPSA) is 109 Å². The van der Waals surface area contributed by atoms with Crippen LogP contribution < -0.4 is 25.6 Å². The van der Waals surface area contributed by atoms with Gasteiger partial charge in [0.15, 0.2) is 5.11 Å². The third-order valence-electron chi connectivity index (χ3n) is 4.24. The number of hydrogen-bond acceptors (Lipinski definition) is 5. The average Bonchev–Trinajstić information content (AvgIpc) is 2.80. The van der Waals surface area contributed by atoms with Crippen LogP contribution in [0.3, 0.4) is 0 Å². The lowest BCUT2D eigenvalue weighted by molar-refractivity contribution is 0.0944. The number of rotatable bonds is 7. The first-order chi connectivity index (χ1) is 15.8. The summed E-state index contributed by atoms with van der Waals surface area (Å²) >= 11 is 5.03. The molecule has 0 aliphatic carbocycles. The monoisotopic (exact) mass is 488 g/mol. The third kappa shape index (κ3) is 6.64. The molecule has 0 heterocycles. The van der Waals surface area contributed by atoms with Crippen molar-refractivity contribution in [3.05, 3.63) is 84.2 Å². The standard InChI is InChI=1S/C22H21FN4O4S2/c1-2-31-17-12-10-16(11-13-17)27-33(29,30)18-7-5-6-15(14-18)21(28)25-26-22(32)24-20-9-4-3-8-19(20)23/h3-14,27H,2H2,1H3,(H,25,28)(H2,24,26,32). The van der Waals surface area contributed by atoms with Crippen LogP contribution in [-0.2, 0) is 10.0 Å². The van der Waals surface area contributed by atoms with Gasteiger partial charge in [-0.15, -0.1) is 0 Å². The molecule has 0 aliphatic heterocycles. The molecule has 172 valence electrons. The van der Waals surface area contributed by atoms with Crippen LogP contribution in [-0.4, -0.2) is 26.0 Å². The predicted molar refractivity (Wildman–Crippen MR) is 128 cm³/mol. The van der Waals surface area contributed by atoms with Crippen LogP contribution >= 0.6 is 12.2 Å². The summed E-state index contributed by atoms with van der Waals surface area (Å²) < 4.78 is 46.9. The molecular formula is C22H21FN4O4S2. The fraction of sp³-hybridized carbons (Fsp3) is 0.0909. The van der Waals surface area contributed by atoms with Crippen LogP contribution in [0.1, 0.15) is 17.3 Å². The zero-order chi connectivity index (χ0) is 23.8. The number of hydrogen-bond donors (Lipinski definition) is 4. The molecule has 0 aromatic heterocycles. The number of ether oxygens (including phenoxy) is 1. The van der Waals surface area contributed by atoms with Crippen molar-refractivity contribution >= 4 is 44.6 Å². The summed E-state index contributed by atoms with van der Waals surface area (Å²) in [5.74, 6) is -0.522. The van der Waals surface area contributed by atoms with E-state index >= 15 is 0 Å². The molecule has 0 bridgehead atoms. The normalized spacial score (nSPS) is 10.7. The number of sulfonamides is 1. The Morgan fingerprint density at radius 3 is 2.42 bits per heavy atom. The molecule has 3 rings (SSSR count). The van der Waals surface area contributed by atoms with Gasteiger partial charge in [0.2, 0.25) is 0 Å². The van der Waals surface area contributed by atoms with Gasteiger partial charge >= 0.3 is 0 Å². The summed E-state index contributed by atoms with van der Waals surface area (Å²) in [7, 11) is -3.94. The molecule has 0 atom stereocenters. The van der Waals surface area contributed by atoms with E-state index in [1.54, 1.807) is 30.3 Å². The molecule has 11 heteroatoms. The van der Waals surface area contributed by atoms with Crippen LogP contribution in [0, 0.1) is 5.82 Å². The SMILES string of the molecule is CCOc1ccc(NS(=O)(=O)c2cccc(C(=O)NNC(=S)Nc3ccccc3F)c2)cc1. The molecule has 3 aromatic rings. The smallest absolute Gasteiger partial charge is 0.269 e.